The molecular weight excluding hydrogens is 230 g/mol. The molecule has 0 spiro atoms. The number of hydrogen-bond donors (Lipinski definition) is 1. The number of aliphatic hydroxyl groups is 1. The second-order valence-corrected chi connectivity index (χ2v) is 3.87. The Kier molecular flexibility index (Phi) is 4.50. The van der Waals surface area contributed by atoms with Crippen LogP contribution in [0.5, 0.6) is 0 Å². The largest absolute Gasteiger partial charge is 0.501 e. The van der Waals surface area contributed by atoms with Crippen LogP contribution in [0.15, 0.2) is 24.0 Å². The van der Waals surface area contributed by atoms with Crippen LogP contribution in [0.2, 0.25) is 0 Å². The van der Waals surface area contributed by atoms with E-state index in [4.69, 9.17) is 5.26 Å². The molecule has 94 valence electrons. The van der Waals surface area contributed by atoms with Gasteiger partial charge < -0.3 is 9.84 Å². The molecule has 18 heavy (non-hydrogen) atoms. The summed E-state index contributed by atoms with van der Waals surface area (Å²) in [6.07, 6.45) is 0. The molecule has 0 fully saturated rings. The molecule has 0 radical (unpaired) electrons. The summed E-state index contributed by atoms with van der Waals surface area (Å²) in [5.41, 5.74) is 2.34. The molecule has 0 amide bonds. The van der Waals surface area contributed by atoms with E-state index in [1.165, 1.54) is 0 Å². The number of nitrogens with zero attached hydrogens (tertiary/aromatic N) is 1. The molecule has 0 bridgehead atoms. The maximum atomic E-state index is 11.4. The van der Waals surface area contributed by atoms with Crippen molar-refractivity contribution in [1.82, 2.24) is 0 Å². The fourth-order valence-corrected chi connectivity index (χ4v) is 1.64. The smallest absolute Gasteiger partial charge is 0.374 e. The van der Waals surface area contributed by atoms with Crippen molar-refractivity contribution < 1.29 is 14.6 Å². The Hall–Kier alpha value is -2.28. The minimum absolute atomic E-state index is 0.0639. The van der Waals surface area contributed by atoms with E-state index in [9.17, 15) is 9.90 Å². The maximum absolute atomic E-state index is 11.4. The van der Waals surface area contributed by atoms with Crippen LogP contribution in [0, 0.1) is 25.2 Å². The number of nitriles is 1. The van der Waals surface area contributed by atoms with Gasteiger partial charge in [0, 0.05) is 0 Å². The van der Waals surface area contributed by atoms with Crippen LogP contribution in [0.25, 0.3) is 5.57 Å². The van der Waals surface area contributed by atoms with Gasteiger partial charge in [-0.05, 0) is 31.9 Å². The van der Waals surface area contributed by atoms with Crippen molar-refractivity contribution in [3.8, 4) is 6.07 Å². The van der Waals surface area contributed by atoms with Crippen LogP contribution in [0.4, 0.5) is 0 Å². The molecule has 0 unspecified atom stereocenters. The molecule has 1 rings (SSSR count). The van der Waals surface area contributed by atoms with E-state index in [-0.39, 0.29) is 12.2 Å². The number of hydrogen-bond acceptors (Lipinski definition) is 4. The Morgan fingerprint density at radius 1 is 1.44 bits per heavy atom. The van der Waals surface area contributed by atoms with Crippen molar-refractivity contribution in [1.29, 1.82) is 5.26 Å². The second kappa shape index (κ2) is 5.87. The lowest BCUT2D eigenvalue weighted by Gasteiger charge is -2.07. The molecule has 0 saturated carbocycles. The van der Waals surface area contributed by atoms with Gasteiger partial charge in [0.05, 0.1) is 6.61 Å². The average Bonchev–Trinajstić information content (AvgIpc) is 2.32. The average molecular weight is 245 g/mol. The number of rotatable bonds is 3. The SMILES string of the molecule is CCOC(=O)/C(O)=C(/C#N)c1ccc(C)cc1C. The highest BCUT2D eigenvalue weighted by molar-refractivity contribution is 5.99. The first-order valence-corrected chi connectivity index (χ1v) is 5.59. The summed E-state index contributed by atoms with van der Waals surface area (Å²) in [7, 11) is 0. The van der Waals surface area contributed by atoms with Gasteiger partial charge >= 0.3 is 5.97 Å². The second-order valence-electron chi connectivity index (χ2n) is 3.87. The quantitative estimate of drug-likeness (QED) is 0.384. The minimum atomic E-state index is -0.881. The number of allylic oxidation sites excluding steroid dienone is 1. The lowest BCUT2D eigenvalue weighted by molar-refractivity contribution is -0.141. The fraction of sp³-hybridized carbons (Fsp3) is 0.286. The third-order valence-electron chi connectivity index (χ3n) is 2.47. The lowest BCUT2D eigenvalue weighted by atomic mass is 9.98. The first-order valence-electron chi connectivity index (χ1n) is 5.59. The number of aliphatic hydroxyl groups excluding tert-OH is 1. The van der Waals surface area contributed by atoms with Gasteiger partial charge in [0.1, 0.15) is 11.6 Å². The summed E-state index contributed by atoms with van der Waals surface area (Å²) >= 11 is 0. The van der Waals surface area contributed by atoms with Crippen LogP contribution < -0.4 is 0 Å². The number of esters is 1. The molecule has 4 nitrogen and oxygen atoms in total. The number of benzene rings is 1. The van der Waals surface area contributed by atoms with Gasteiger partial charge in [-0.1, -0.05) is 23.8 Å². The third-order valence-corrected chi connectivity index (χ3v) is 2.47. The fourth-order valence-electron chi connectivity index (χ4n) is 1.64. The van der Waals surface area contributed by atoms with Crippen LogP contribution >= 0.6 is 0 Å². The van der Waals surface area contributed by atoms with Crippen LogP contribution in [0.3, 0.4) is 0 Å². The van der Waals surface area contributed by atoms with Gasteiger partial charge in [-0.3, -0.25) is 0 Å². The molecule has 0 heterocycles. The predicted octanol–water partition coefficient (Wildman–Crippen LogP) is 2.66. The molecule has 0 aliphatic carbocycles. The summed E-state index contributed by atoms with van der Waals surface area (Å²) < 4.78 is 4.67. The zero-order valence-corrected chi connectivity index (χ0v) is 10.7. The molecule has 1 aromatic rings. The van der Waals surface area contributed by atoms with Gasteiger partial charge in [0.25, 0.3) is 0 Å². The van der Waals surface area contributed by atoms with E-state index in [2.05, 4.69) is 4.74 Å². The van der Waals surface area contributed by atoms with Crippen LogP contribution in [-0.2, 0) is 9.53 Å². The van der Waals surface area contributed by atoms with Gasteiger partial charge in [0.15, 0.2) is 0 Å². The topological polar surface area (TPSA) is 70.3 Å². The minimum Gasteiger partial charge on any atom is -0.501 e. The summed E-state index contributed by atoms with van der Waals surface area (Å²) in [6, 6.07) is 7.25. The van der Waals surface area contributed by atoms with Crippen molar-refractivity contribution in [2.24, 2.45) is 0 Å². The first-order chi connectivity index (χ1) is 8.51. The number of aryl methyl sites for hydroxylation is 2. The Bertz CT molecular complexity index is 538. The Balaban J connectivity index is 3.30. The Morgan fingerprint density at radius 3 is 2.61 bits per heavy atom. The van der Waals surface area contributed by atoms with E-state index in [1.807, 2.05) is 32.0 Å². The first kappa shape index (κ1) is 13.8. The zero-order chi connectivity index (χ0) is 13.7. The van der Waals surface area contributed by atoms with Crippen molar-refractivity contribution in [2.45, 2.75) is 20.8 Å². The third kappa shape index (κ3) is 2.89. The van der Waals surface area contributed by atoms with E-state index in [0.717, 1.165) is 11.1 Å². The Morgan fingerprint density at radius 2 is 2.11 bits per heavy atom. The maximum Gasteiger partial charge on any atom is 0.374 e. The normalized spacial score (nSPS) is 11.4. The van der Waals surface area contributed by atoms with Crippen LogP contribution in [-0.4, -0.2) is 17.7 Å². The number of carbonyl (C=O) groups is 1. The van der Waals surface area contributed by atoms with Crippen molar-refractivity contribution >= 4 is 11.5 Å². The number of ether oxygens (including phenoxy) is 1. The molecule has 1 N–H and O–H groups in total. The standard InChI is InChI=1S/C14H15NO3/c1-4-18-14(17)13(16)12(8-15)11-6-5-9(2)7-10(11)3/h5-7,16H,4H2,1-3H3/b13-12+. The van der Waals surface area contributed by atoms with E-state index < -0.39 is 11.7 Å². The molecule has 0 aromatic heterocycles. The van der Waals surface area contributed by atoms with E-state index in [1.54, 1.807) is 13.0 Å². The monoisotopic (exact) mass is 245 g/mol. The van der Waals surface area contributed by atoms with Gasteiger partial charge in [-0.2, -0.15) is 5.26 Å². The lowest BCUT2D eigenvalue weighted by Crippen LogP contribution is -2.09. The van der Waals surface area contributed by atoms with Crippen molar-refractivity contribution in [3.05, 3.63) is 40.6 Å². The highest BCUT2D eigenvalue weighted by atomic mass is 16.5. The van der Waals surface area contributed by atoms with E-state index >= 15 is 0 Å². The molecule has 4 heteroatoms. The molecule has 1 aromatic carbocycles. The number of carbonyl (C=O) groups excluding carboxylic acids is 1. The predicted molar refractivity (Wildman–Crippen MR) is 67.7 cm³/mol. The molecule has 0 saturated heterocycles. The van der Waals surface area contributed by atoms with Gasteiger partial charge in [0.2, 0.25) is 5.76 Å². The molecule has 0 atom stereocenters. The van der Waals surface area contributed by atoms with Crippen molar-refractivity contribution in [2.75, 3.05) is 6.61 Å². The van der Waals surface area contributed by atoms with E-state index in [0.29, 0.717) is 5.56 Å². The molecule has 0 aliphatic heterocycles. The molecular formula is C14H15NO3. The van der Waals surface area contributed by atoms with Crippen molar-refractivity contribution in [3.63, 3.8) is 0 Å². The molecule has 0 aliphatic rings. The highest BCUT2D eigenvalue weighted by Gasteiger charge is 2.18. The summed E-state index contributed by atoms with van der Waals surface area (Å²) in [6.45, 7) is 5.53. The zero-order valence-electron chi connectivity index (χ0n) is 10.7. The van der Waals surface area contributed by atoms with Crippen LogP contribution in [0.1, 0.15) is 23.6 Å². The highest BCUT2D eigenvalue weighted by Crippen LogP contribution is 2.22. The summed E-state index contributed by atoms with van der Waals surface area (Å²) in [4.78, 5) is 11.4. The summed E-state index contributed by atoms with van der Waals surface area (Å²) in [5, 5.41) is 18.8. The Labute approximate surface area is 106 Å². The summed E-state index contributed by atoms with van der Waals surface area (Å²) in [5.74, 6) is -1.53. The van der Waals surface area contributed by atoms with Gasteiger partial charge in [-0.15, -0.1) is 0 Å². The van der Waals surface area contributed by atoms with Gasteiger partial charge in [-0.25, -0.2) is 4.79 Å².